The molecular weight excluding hydrogens is 384 g/mol. The standard InChI is InChI=1S/C23H24N2O5/c1-29-19-10-3-2-9-18(19)25-21(27)15-7-6-8-16(13-15)24-22(28)17-14-20(26)30-23(17)11-4-5-12-23/h2-3,6-10,13,17H,4-5,11-12,14H2,1H3,(H,24,28)(H,25,27)/t17-/m1/s1. The highest BCUT2D eigenvalue weighted by molar-refractivity contribution is 6.06. The van der Waals surface area contributed by atoms with Crippen LogP contribution < -0.4 is 15.4 Å². The predicted octanol–water partition coefficient (Wildman–Crippen LogP) is 3.76. The molecule has 1 saturated heterocycles. The Morgan fingerprint density at radius 3 is 2.60 bits per heavy atom. The van der Waals surface area contributed by atoms with Crippen LogP contribution in [0.1, 0.15) is 42.5 Å². The smallest absolute Gasteiger partial charge is 0.307 e. The SMILES string of the molecule is COc1ccccc1NC(=O)c1cccc(NC(=O)[C@H]2CC(=O)OC23CCCC3)c1. The Labute approximate surface area is 174 Å². The Morgan fingerprint density at radius 2 is 1.83 bits per heavy atom. The number of carbonyl (C=O) groups is 3. The lowest BCUT2D eigenvalue weighted by Crippen LogP contribution is -2.39. The van der Waals surface area contributed by atoms with Crippen molar-refractivity contribution in [3.8, 4) is 5.75 Å². The largest absolute Gasteiger partial charge is 0.495 e. The topological polar surface area (TPSA) is 93.7 Å². The summed E-state index contributed by atoms with van der Waals surface area (Å²) in [4.78, 5) is 37.5. The van der Waals surface area contributed by atoms with Gasteiger partial charge in [-0.25, -0.2) is 0 Å². The molecule has 30 heavy (non-hydrogen) atoms. The van der Waals surface area contributed by atoms with Gasteiger partial charge in [0.05, 0.1) is 25.1 Å². The van der Waals surface area contributed by atoms with Gasteiger partial charge in [-0.1, -0.05) is 18.2 Å². The number of hydrogen-bond acceptors (Lipinski definition) is 5. The maximum absolute atomic E-state index is 12.9. The highest BCUT2D eigenvalue weighted by Crippen LogP contribution is 2.45. The second-order valence-corrected chi connectivity index (χ2v) is 7.73. The third-order valence-corrected chi connectivity index (χ3v) is 5.84. The normalized spacial score (nSPS) is 19.4. The number of methoxy groups -OCH3 is 1. The number of hydrogen-bond donors (Lipinski definition) is 2. The van der Waals surface area contributed by atoms with Gasteiger partial charge in [0, 0.05) is 11.3 Å². The van der Waals surface area contributed by atoms with Gasteiger partial charge in [-0.15, -0.1) is 0 Å². The molecule has 2 aromatic rings. The van der Waals surface area contributed by atoms with E-state index in [1.807, 2.05) is 6.07 Å². The molecule has 156 valence electrons. The second kappa shape index (κ2) is 8.18. The summed E-state index contributed by atoms with van der Waals surface area (Å²) in [6.45, 7) is 0. The lowest BCUT2D eigenvalue weighted by molar-refractivity contribution is -0.149. The Kier molecular flexibility index (Phi) is 5.44. The van der Waals surface area contributed by atoms with E-state index in [0.29, 0.717) is 22.7 Å². The van der Waals surface area contributed by atoms with Gasteiger partial charge < -0.3 is 20.1 Å². The lowest BCUT2D eigenvalue weighted by atomic mass is 9.85. The van der Waals surface area contributed by atoms with Gasteiger partial charge in [-0.3, -0.25) is 14.4 Å². The maximum atomic E-state index is 12.9. The molecule has 2 fully saturated rings. The van der Waals surface area contributed by atoms with Gasteiger partial charge in [0.1, 0.15) is 11.4 Å². The highest BCUT2D eigenvalue weighted by atomic mass is 16.6. The van der Waals surface area contributed by atoms with Crippen molar-refractivity contribution in [3.63, 3.8) is 0 Å². The minimum Gasteiger partial charge on any atom is -0.495 e. The summed E-state index contributed by atoms with van der Waals surface area (Å²) in [6, 6.07) is 13.8. The first-order valence-corrected chi connectivity index (χ1v) is 10.1. The van der Waals surface area contributed by atoms with Crippen LogP contribution in [0.15, 0.2) is 48.5 Å². The molecule has 0 aromatic heterocycles. The van der Waals surface area contributed by atoms with Gasteiger partial charge in [0.15, 0.2) is 0 Å². The Hall–Kier alpha value is -3.35. The van der Waals surface area contributed by atoms with Crippen molar-refractivity contribution in [3.05, 3.63) is 54.1 Å². The van der Waals surface area contributed by atoms with Crippen molar-refractivity contribution in [2.24, 2.45) is 5.92 Å². The number of esters is 1. The summed E-state index contributed by atoms with van der Waals surface area (Å²) in [5, 5.41) is 5.68. The van der Waals surface area contributed by atoms with E-state index in [1.165, 1.54) is 7.11 Å². The van der Waals surface area contributed by atoms with Crippen LogP contribution in [0.5, 0.6) is 5.75 Å². The zero-order valence-electron chi connectivity index (χ0n) is 16.8. The van der Waals surface area contributed by atoms with Crippen LogP contribution in [0, 0.1) is 5.92 Å². The number of rotatable bonds is 5. The third-order valence-electron chi connectivity index (χ3n) is 5.84. The maximum Gasteiger partial charge on any atom is 0.307 e. The predicted molar refractivity (Wildman–Crippen MR) is 111 cm³/mol. The Bertz CT molecular complexity index is 981. The molecule has 2 amide bonds. The summed E-state index contributed by atoms with van der Waals surface area (Å²) in [5.41, 5.74) is 0.789. The lowest BCUT2D eigenvalue weighted by Gasteiger charge is -2.27. The zero-order valence-corrected chi connectivity index (χ0v) is 16.8. The quantitative estimate of drug-likeness (QED) is 0.735. The number of ether oxygens (including phenoxy) is 2. The Morgan fingerprint density at radius 1 is 1.07 bits per heavy atom. The molecule has 4 rings (SSSR count). The van der Waals surface area contributed by atoms with Crippen molar-refractivity contribution in [2.75, 3.05) is 17.7 Å². The van der Waals surface area contributed by atoms with Crippen LogP contribution >= 0.6 is 0 Å². The second-order valence-electron chi connectivity index (χ2n) is 7.73. The van der Waals surface area contributed by atoms with Crippen molar-refractivity contribution in [1.29, 1.82) is 0 Å². The van der Waals surface area contributed by atoms with Gasteiger partial charge in [0.2, 0.25) is 5.91 Å². The summed E-state index contributed by atoms with van der Waals surface area (Å²) in [6.07, 6.45) is 3.45. The van der Waals surface area contributed by atoms with Crippen LogP contribution in [-0.4, -0.2) is 30.5 Å². The summed E-state index contributed by atoms with van der Waals surface area (Å²) >= 11 is 0. The van der Waals surface area contributed by atoms with E-state index in [9.17, 15) is 14.4 Å². The van der Waals surface area contributed by atoms with Crippen molar-refractivity contribution in [2.45, 2.75) is 37.7 Å². The first kappa shape index (κ1) is 19.9. The fourth-order valence-corrected chi connectivity index (χ4v) is 4.36. The molecule has 2 N–H and O–H groups in total. The average Bonchev–Trinajstić information content (AvgIpc) is 3.34. The van der Waals surface area contributed by atoms with Crippen molar-refractivity contribution >= 4 is 29.2 Å². The van der Waals surface area contributed by atoms with E-state index in [2.05, 4.69) is 10.6 Å². The fourth-order valence-electron chi connectivity index (χ4n) is 4.36. The molecule has 2 aromatic carbocycles. The van der Waals surface area contributed by atoms with Crippen molar-refractivity contribution in [1.82, 2.24) is 0 Å². The highest BCUT2D eigenvalue weighted by Gasteiger charge is 2.53. The number of amides is 2. The summed E-state index contributed by atoms with van der Waals surface area (Å²) < 4.78 is 10.8. The molecule has 2 aliphatic rings. The Balaban J connectivity index is 1.47. The van der Waals surface area contributed by atoms with Gasteiger partial charge in [-0.2, -0.15) is 0 Å². The van der Waals surface area contributed by atoms with Crippen LogP contribution in [0.3, 0.4) is 0 Å². The zero-order chi connectivity index (χ0) is 21.1. The molecule has 7 nitrogen and oxygen atoms in total. The van der Waals surface area contributed by atoms with E-state index in [4.69, 9.17) is 9.47 Å². The molecular formula is C23H24N2O5. The first-order valence-electron chi connectivity index (χ1n) is 10.1. The van der Waals surface area contributed by atoms with Crippen molar-refractivity contribution < 1.29 is 23.9 Å². The molecule has 1 atom stereocenters. The van der Waals surface area contributed by atoms with Crippen LogP contribution in [-0.2, 0) is 14.3 Å². The number of para-hydroxylation sites is 2. The van der Waals surface area contributed by atoms with Crippen LogP contribution in [0.4, 0.5) is 11.4 Å². The van der Waals surface area contributed by atoms with E-state index >= 15 is 0 Å². The third kappa shape index (κ3) is 3.87. The number of carbonyl (C=O) groups excluding carboxylic acids is 3. The molecule has 0 bridgehead atoms. The minimum atomic E-state index is -0.667. The molecule has 7 heteroatoms. The van der Waals surface area contributed by atoms with Crippen LogP contribution in [0.2, 0.25) is 0 Å². The summed E-state index contributed by atoms with van der Waals surface area (Å²) in [7, 11) is 1.54. The van der Waals surface area contributed by atoms with Gasteiger partial charge in [-0.05, 0) is 56.0 Å². The monoisotopic (exact) mass is 408 g/mol. The van der Waals surface area contributed by atoms with Crippen LogP contribution in [0.25, 0.3) is 0 Å². The molecule has 1 aliphatic heterocycles. The van der Waals surface area contributed by atoms with E-state index in [0.717, 1.165) is 25.7 Å². The molecule has 0 radical (unpaired) electrons. The average molecular weight is 408 g/mol. The summed E-state index contributed by atoms with van der Waals surface area (Å²) in [5.74, 6) is -0.823. The van der Waals surface area contributed by atoms with E-state index in [1.54, 1.807) is 42.5 Å². The minimum absolute atomic E-state index is 0.0970. The molecule has 1 aliphatic carbocycles. The number of anilines is 2. The molecule has 1 spiro atoms. The van der Waals surface area contributed by atoms with Gasteiger partial charge in [0.25, 0.3) is 5.91 Å². The van der Waals surface area contributed by atoms with E-state index < -0.39 is 11.5 Å². The first-order chi connectivity index (χ1) is 14.5. The molecule has 1 heterocycles. The number of benzene rings is 2. The van der Waals surface area contributed by atoms with E-state index in [-0.39, 0.29) is 24.2 Å². The fraction of sp³-hybridized carbons (Fsp3) is 0.348. The molecule has 0 unspecified atom stereocenters. The van der Waals surface area contributed by atoms with Gasteiger partial charge >= 0.3 is 5.97 Å². The number of nitrogens with one attached hydrogen (secondary N) is 2. The molecule has 1 saturated carbocycles.